The third-order valence-corrected chi connectivity index (χ3v) is 10.6. The summed E-state index contributed by atoms with van der Waals surface area (Å²) in [6.07, 6.45) is 9.02. The van der Waals surface area contributed by atoms with Gasteiger partial charge in [0, 0.05) is 33.5 Å². The third kappa shape index (κ3) is 5.28. The van der Waals surface area contributed by atoms with Gasteiger partial charge in [-0.3, -0.25) is 0 Å². The maximum atomic E-state index is 2.40. The molecule has 0 radical (unpaired) electrons. The van der Waals surface area contributed by atoms with Gasteiger partial charge in [0.25, 0.3) is 0 Å². The maximum absolute atomic E-state index is 2.40. The van der Waals surface area contributed by atoms with Crippen LogP contribution in [0.25, 0.3) is 71.3 Å². The lowest BCUT2D eigenvalue weighted by molar-refractivity contribution is 0.997. The number of rotatable bonds is 6. The lowest BCUT2D eigenvalue weighted by atomic mass is 10.00. The molecular weight excluding hydrogens is 629 g/mol. The maximum Gasteiger partial charge on any atom is 0.0541 e. The van der Waals surface area contributed by atoms with E-state index >= 15 is 0 Å². The number of benzene rings is 8. The quantitative estimate of drug-likeness (QED) is 0.172. The van der Waals surface area contributed by atoms with Gasteiger partial charge in [-0.05, 0) is 123 Å². The minimum atomic E-state index is 1.04. The topological polar surface area (TPSA) is 8.17 Å². The van der Waals surface area contributed by atoms with Crippen LogP contribution in [0.1, 0.15) is 12.8 Å². The van der Waals surface area contributed by atoms with Crippen molar-refractivity contribution in [2.24, 2.45) is 0 Å². The van der Waals surface area contributed by atoms with Crippen LogP contribution in [0.2, 0.25) is 0 Å². The molecule has 1 aliphatic carbocycles. The van der Waals surface area contributed by atoms with Crippen LogP contribution in [-0.4, -0.2) is 4.57 Å². The lowest BCUT2D eigenvalue weighted by Crippen LogP contribution is -2.16. The zero-order chi connectivity index (χ0) is 34.4. The molecule has 2 heteroatoms. The van der Waals surface area contributed by atoms with E-state index in [1.54, 1.807) is 0 Å². The Balaban J connectivity index is 1.01. The van der Waals surface area contributed by atoms with Crippen molar-refractivity contribution in [2.75, 3.05) is 4.90 Å². The first kappa shape index (κ1) is 30.2. The van der Waals surface area contributed by atoms with Gasteiger partial charge in [-0.1, -0.05) is 127 Å². The first-order valence-electron chi connectivity index (χ1n) is 18.2. The molecule has 0 bridgehead atoms. The highest BCUT2D eigenvalue weighted by Gasteiger charge is 2.17. The third-order valence-electron chi connectivity index (χ3n) is 10.6. The van der Waals surface area contributed by atoms with E-state index in [1.165, 1.54) is 77.0 Å². The number of para-hydroxylation sites is 1. The Kier molecular flexibility index (Phi) is 7.32. The summed E-state index contributed by atoms with van der Waals surface area (Å²) in [7, 11) is 0. The first-order chi connectivity index (χ1) is 25.8. The molecule has 0 saturated heterocycles. The normalized spacial score (nSPS) is 12.9. The van der Waals surface area contributed by atoms with Crippen LogP contribution in [0, 0.1) is 0 Å². The van der Waals surface area contributed by atoms with Gasteiger partial charge in [0.2, 0.25) is 0 Å². The molecular formula is C50H36N2. The summed E-state index contributed by atoms with van der Waals surface area (Å²) >= 11 is 0. The van der Waals surface area contributed by atoms with Crippen LogP contribution in [0.5, 0.6) is 0 Å². The van der Waals surface area contributed by atoms with E-state index in [2.05, 4.69) is 204 Å². The van der Waals surface area contributed by atoms with E-state index < -0.39 is 0 Å². The van der Waals surface area contributed by atoms with Crippen molar-refractivity contribution < 1.29 is 0 Å². The Hall–Kier alpha value is -6.64. The molecule has 0 fully saturated rings. The summed E-state index contributed by atoms with van der Waals surface area (Å²) in [5.74, 6) is 0. The van der Waals surface area contributed by atoms with Crippen molar-refractivity contribution in [1.82, 2.24) is 4.57 Å². The molecule has 0 spiro atoms. The van der Waals surface area contributed by atoms with Crippen molar-refractivity contribution >= 4 is 54.7 Å². The smallest absolute Gasteiger partial charge is 0.0541 e. The van der Waals surface area contributed by atoms with E-state index in [1.807, 2.05) is 0 Å². The Labute approximate surface area is 303 Å². The molecule has 0 unspecified atom stereocenters. The van der Waals surface area contributed by atoms with Crippen LogP contribution in [0.15, 0.2) is 200 Å². The average molecular weight is 665 g/mol. The fourth-order valence-electron chi connectivity index (χ4n) is 7.93. The largest absolute Gasteiger partial charge is 0.311 e. The molecule has 1 aromatic heterocycles. The second-order valence-electron chi connectivity index (χ2n) is 13.7. The summed E-state index contributed by atoms with van der Waals surface area (Å²) in [5.41, 5.74) is 12.0. The number of aromatic nitrogens is 1. The highest BCUT2D eigenvalue weighted by atomic mass is 15.1. The lowest BCUT2D eigenvalue weighted by Gasteiger charge is -2.28. The van der Waals surface area contributed by atoms with Gasteiger partial charge in [-0.25, -0.2) is 0 Å². The Bertz CT molecular complexity index is 2830. The minimum absolute atomic E-state index is 1.04. The van der Waals surface area contributed by atoms with E-state index in [4.69, 9.17) is 0 Å². The molecule has 52 heavy (non-hydrogen) atoms. The van der Waals surface area contributed by atoms with Crippen LogP contribution < -0.4 is 4.90 Å². The Morgan fingerprint density at radius 1 is 0.404 bits per heavy atom. The van der Waals surface area contributed by atoms with E-state index in [0.717, 1.165) is 24.2 Å². The summed E-state index contributed by atoms with van der Waals surface area (Å²) < 4.78 is 2.40. The zero-order valence-electron chi connectivity index (χ0n) is 28.8. The first-order valence-corrected chi connectivity index (χ1v) is 18.2. The average Bonchev–Trinajstić information content (AvgIpc) is 3.55. The van der Waals surface area contributed by atoms with E-state index in [-0.39, 0.29) is 0 Å². The van der Waals surface area contributed by atoms with Crippen molar-refractivity contribution in [3.8, 4) is 27.9 Å². The number of hydrogen-bond donors (Lipinski definition) is 0. The molecule has 9 aromatic rings. The molecule has 0 N–H and O–H groups in total. The summed E-state index contributed by atoms with van der Waals surface area (Å²) in [4.78, 5) is 2.38. The fraction of sp³-hybridized carbons (Fsp3) is 0.0400. The number of allylic oxidation sites excluding steroid dienone is 3. The van der Waals surface area contributed by atoms with Gasteiger partial charge in [0.1, 0.15) is 0 Å². The highest BCUT2D eigenvalue weighted by molar-refractivity contribution is 6.10. The Morgan fingerprint density at radius 3 is 1.65 bits per heavy atom. The Morgan fingerprint density at radius 2 is 0.962 bits per heavy atom. The van der Waals surface area contributed by atoms with E-state index in [9.17, 15) is 0 Å². The van der Waals surface area contributed by atoms with Crippen LogP contribution in [0.3, 0.4) is 0 Å². The molecule has 1 heterocycles. The molecule has 0 aliphatic heterocycles. The van der Waals surface area contributed by atoms with Crippen molar-refractivity contribution in [1.29, 1.82) is 0 Å². The minimum Gasteiger partial charge on any atom is -0.311 e. The van der Waals surface area contributed by atoms with Crippen LogP contribution >= 0.6 is 0 Å². The summed E-state index contributed by atoms with van der Waals surface area (Å²) in [5, 5.41) is 7.55. The summed E-state index contributed by atoms with van der Waals surface area (Å²) in [6, 6.07) is 64.3. The van der Waals surface area contributed by atoms with Crippen molar-refractivity contribution in [2.45, 2.75) is 12.8 Å². The fourth-order valence-corrected chi connectivity index (χ4v) is 7.93. The van der Waals surface area contributed by atoms with Gasteiger partial charge in [0.15, 0.2) is 0 Å². The van der Waals surface area contributed by atoms with Crippen LogP contribution in [0.4, 0.5) is 11.4 Å². The molecule has 2 nitrogen and oxygen atoms in total. The van der Waals surface area contributed by atoms with Crippen LogP contribution in [-0.2, 0) is 0 Å². The molecule has 10 rings (SSSR count). The second kappa shape index (κ2) is 12.6. The number of nitrogens with zero attached hydrogens (tertiary/aromatic N) is 2. The number of anilines is 2. The van der Waals surface area contributed by atoms with Gasteiger partial charge in [-0.2, -0.15) is 0 Å². The highest BCUT2D eigenvalue weighted by Crippen LogP contribution is 2.38. The van der Waals surface area contributed by atoms with Gasteiger partial charge < -0.3 is 9.47 Å². The predicted octanol–water partition coefficient (Wildman–Crippen LogP) is 13.8. The van der Waals surface area contributed by atoms with Gasteiger partial charge in [0.05, 0.1) is 11.0 Å². The number of hydrogen-bond acceptors (Lipinski definition) is 1. The molecule has 246 valence electrons. The van der Waals surface area contributed by atoms with Gasteiger partial charge in [-0.15, -0.1) is 0 Å². The molecule has 8 aromatic carbocycles. The molecule has 1 aliphatic rings. The van der Waals surface area contributed by atoms with E-state index in [0.29, 0.717) is 0 Å². The monoisotopic (exact) mass is 664 g/mol. The standard InChI is InChI=1S/C50H36N2/c1-2-14-43(15-3-1)51(44-26-20-37(21-27-44)41-19-18-35-10-4-6-12-39(35)32-41)45-28-22-38(23-29-45)42-25-31-50-48(34-42)47-16-8-9-17-49(47)52(50)46-30-24-36-11-5-7-13-40(36)33-46/h2,4-34H,1,3H2. The second-order valence-corrected chi connectivity index (χ2v) is 13.7. The van der Waals surface area contributed by atoms with Gasteiger partial charge >= 0.3 is 0 Å². The number of fused-ring (bicyclic) bond motifs is 5. The molecule has 0 amide bonds. The zero-order valence-corrected chi connectivity index (χ0v) is 28.8. The predicted molar refractivity (Wildman–Crippen MR) is 222 cm³/mol. The molecule has 0 saturated carbocycles. The SMILES string of the molecule is C1=CC(N(c2ccc(-c3ccc4ccccc4c3)cc2)c2ccc(-c3ccc4c(c3)c3ccccc3n4-c3ccc4ccccc4c3)cc2)=CCC1. The molecule has 0 atom stereocenters. The van der Waals surface area contributed by atoms with Crippen molar-refractivity contribution in [3.63, 3.8) is 0 Å². The summed E-state index contributed by atoms with van der Waals surface area (Å²) in [6.45, 7) is 0. The van der Waals surface area contributed by atoms with Crippen molar-refractivity contribution in [3.05, 3.63) is 200 Å².